The van der Waals surface area contributed by atoms with Crippen LogP contribution in [0.15, 0.2) is 0 Å². The van der Waals surface area contributed by atoms with Gasteiger partial charge in [-0.15, -0.1) is 0 Å². The maximum atomic E-state index is 11.0. The van der Waals surface area contributed by atoms with Crippen molar-refractivity contribution < 1.29 is 27.2 Å². The highest BCUT2D eigenvalue weighted by atomic mass is 32.2. The van der Waals surface area contributed by atoms with E-state index < -0.39 is 16.0 Å². The predicted octanol–water partition coefficient (Wildman–Crippen LogP) is 6.02. The Bertz CT molecular complexity index is 1030. The zero-order valence-corrected chi connectivity index (χ0v) is 31.3. The molecule has 0 saturated heterocycles. The summed E-state index contributed by atoms with van der Waals surface area (Å²) in [6, 6.07) is 0. The summed E-state index contributed by atoms with van der Waals surface area (Å²) in [7, 11) is -3.99. The van der Waals surface area contributed by atoms with Gasteiger partial charge in [-0.2, -0.15) is 8.42 Å². The summed E-state index contributed by atoms with van der Waals surface area (Å²) in [5.41, 5.74) is 6.37. The highest BCUT2D eigenvalue weighted by Crippen LogP contribution is 2.69. The molecule has 2 unspecified atom stereocenters. The van der Waals surface area contributed by atoms with E-state index in [0.29, 0.717) is 61.3 Å². The van der Waals surface area contributed by atoms with E-state index in [0.717, 1.165) is 77.7 Å². The highest BCUT2D eigenvalue weighted by molar-refractivity contribution is 7.85. The summed E-state index contributed by atoms with van der Waals surface area (Å²) in [4.78, 5) is 0. The van der Waals surface area contributed by atoms with E-state index in [9.17, 15) is 8.42 Å². The first-order chi connectivity index (χ1) is 22.5. The molecule has 47 heavy (non-hydrogen) atoms. The van der Waals surface area contributed by atoms with Crippen LogP contribution in [0.3, 0.4) is 0 Å². The van der Waals surface area contributed by atoms with Crippen LogP contribution in [-0.2, 0) is 24.3 Å². The Morgan fingerprint density at radius 2 is 1.64 bits per heavy atom. The van der Waals surface area contributed by atoms with Crippen molar-refractivity contribution in [3.8, 4) is 0 Å². The van der Waals surface area contributed by atoms with E-state index in [-0.39, 0.29) is 23.0 Å². The molecule has 4 saturated carbocycles. The third kappa shape index (κ3) is 9.72. The van der Waals surface area contributed by atoms with Gasteiger partial charge in [-0.1, -0.05) is 41.0 Å². The quantitative estimate of drug-likeness (QED) is 0.0846. The van der Waals surface area contributed by atoms with Crippen LogP contribution in [0.25, 0.3) is 0 Å². The fraction of sp³-hybridized carbons (Fsp3) is 1.00. The van der Waals surface area contributed by atoms with Crippen molar-refractivity contribution in [3.63, 3.8) is 0 Å². The minimum absolute atomic E-state index is 0.159. The number of fused-ring (bicyclic) bond motifs is 5. The van der Waals surface area contributed by atoms with Gasteiger partial charge >= 0.3 is 0 Å². The Balaban J connectivity index is 1.52. The summed E-state index contributed by atoms with van der Waals surface area (Å²) in [5, 5.41) is 6.32. The number of nitrogens with two attached hydrogens (primary N) is 1. The van der Waals surface area contributed by atoms with Gasteiger partial charge in [-0.05, 0) is 144 Å². The summed E-state index contributed by atoms with van der Waals surface area (Å²) in [5.74, 6) is 3.30. The molecule has 0 heterocycles. The average molecular weight is 686 g/mol. The molecular weight excluding hydrogens is 614 g/mol. The van der Waals surface area contributed by atoms with Crippen molar-refractivity contribution in [3.05, 3.63) is 0 Å². The topological polar surface area (TPSA) is 132 Å². The van der Waals surface area contributed by atoms with Crippen LogP contribution >= 0.6 is 0 Å². The molecule has 9 nitrogen and oxygen atoms in total. The molecule has 276 valence electrons. The molecule has 0 bridgehead atoms. The van der Waals surface area contributed by atoms with Gasteiger partial charge in [0.2, 0.25) is 0 Å². The number of rotatable bonds is 21. The van der Waals surface area contributed by atoms with Crippen LogP contribution in [0.1, 0.15) is 118 Å². The molecule has 4 rings (SSSR count). The molecule has 0 spiro atoms. The normalized spacial score (nSPS) is 37.7. The summed E-state index contributed by atoms with van der Waals surface area (Å²) in [6.45, 7) is 17.7. The van der Waals surface area contributed by atoms with Gasteiger partial charge < -0.3 is 30.6 Å². The molecule has 4 fully saturated rings. The van der Waals surface area contributed by atoms with Crippen LogP contribution in [0.5, 0.6) is 0 Å². The van der Waals surface area contributed by atoms with Gasteiger partial charge in [0, 0.05) is 25.2 Å². The minimum atomic E-state index is -3.99. The van der Waals surface area contributed by atoms with Gasteiger partial charge in [-0.3, -0.25) is 4.55 Å². The van der Waals surface area contributed by atoms with E-state index in [2.05, 4.69) is 45.3 Å². The first kappa shape index (κ1) is 39.5. The standard InChI is InChI=1S/C37H71N3O6S/c1-6-8-20-45-33-24-28-23-29(44-22-11-19-40-26-47(41,42)43)15-16-36(28,4)32-25-34(46-21-10-17-38)37(5)30(13-14-31(37)35(32)33)27(3)12-9-18-39-7-2/h27-35,39-40H,6-26,38H2,1-5H3,(H,41,42,43)/t27-,28+,29-,30-,31+,32?,33-,34+,35?,36+,37-/m1/s1. The third-order valence-electron chi connectivity index (χ3n) is 13.3. The van der Waals surface area contributed by atoms with Crippen molar-refractivity contribution in [2.45, 2.75) is 136 Å². The monoisotopic (exact) mass is 686 g/mol. The van der Waals surface area contributed by atoms with Crippen molar-refractivity contribution in [2.75, 3.05) is 51.9 Å². The Kier molecular flexibility index (Phi) is 15.3. The molecule has 4 aliphatic rings. The van der Waals surface area contributed by atoms with Crippen LogP contribution in [-0.4, -0.2) is 83.2 Å². The van der Waals surface area contributed by atoms with Crippen molar-refractivity contribution in [1.29, 1.82) is 0 Å². The lowest BCUT2D eigenvalue weighted by molar-refractivity contribution is -0.227. The van der Waals surface area contributed by atoms with Gasteiger partial charge in [0.15, 0.2) is 0 Å². The fourth-order valence-electron chi connectivity index (χ4n) is 10.9. The van der Waals surface area contributed by atoms with Crippen molar-refractivity contribution in [2.24, 2.45) is 52.1 Å². The van der Waals surface area contributed by atoms with Gasteiger partial charge in [0.1, 0.15) is 5.88 Å². The Hall–Kier alpha value is -0.330. The number of unbranched alkanes of at least 4 members (excludes halogenated alkanes) is 1. The predicted molar refractivity (Wildman–Crippen MR) is 190 cm³/mol. The third-order valence-corrected chi connectivity index (χ3v) is 13.9. The number of ether oxygens (including phenoxy) is 3. The lowest BCUT2D eigenvalue weighted by Gasteiger charge is -2.65. The molecule has 0 radical (unpaired) electrons. The maximum absolute atomic E-state index is 11.0. The molecule has 10 heteroatoms. The molecule has 0 aliphatic heterocycles. The highest BCUT2D eigenvalue weighted by Gasteiger charge is 2.66. The number of hydrogen-bond donors (Lipinski definition) is 4. The lowest BCUT2D eigenvalue weighted by atomic mass is 9.43. The average Bonchev–Trinajstić information content (AvgIpc) is 3.39. The Morgan fingerprint density at radius 3 is 2.36 bits per heavy atom. The lowest BCUT2D eigenvalue weighted by Crippen LogP contribution is -2.63. The molecule has 4 aliphatic carbocycles. The van der Waals surface area contributed by atoms with Crippen LogP contribution in [0.2, 0.25) is 0 Å². The van der Waals surface area contributed by atoms with E-state index >= 15 is 0 Å². The zero-order valence-electron chi connectivity index (χ0n) is 30.5. The Labute approximate surface area is 287 Å². The van der Waals surface area contributed by atoms with E-state index in [1.54, 1.807) is 0 Å². The molecule has 11 atom stereocenters. The van der Waals surface area contributed by atoms with Crippen molar-refractivity contribution >= 4 is 10.1 Å². The fourth-order valence-corrected chi connectivity index (χ4v) is 11.3. The molecule has 0 aromatic rings. The number of nitrogens with one attached hydrogen (secondary N) is 2. The molecule has 0 aromatic carbocycles. The maximum Gasteiger partial charge on any atom is 0.278 e. The van der Waals surface area contributed by atoms with Gasteiger partial charge in [0.05, 0.1) is 18.3 Å². The SMILES string of the molecule is CCCCO[C@@H]1C[C@@H]2C[C@H](OCCCNCS(=O)(=O)O)CC[C@]2(C)C2C[C@H](OCCCN)[C@]3(C)[C@@H]([C@H](C)CCCNCC)CC[C@H]3C21. The second-order valence-corrected chi connectivity index (χ2v) is 17.6. The van der Waals surface area contributed by atoms with Crippen LogP contribution in [0.4, 0.5) is 0 Å². The number of hydrogen-bond acceptors (Lipinski definition) is 8. The second-order valence-electron chi connectivity index (χ2n) is 16.1. The van der Waals surface area contributed by atoms with Gasteiger partial charge in [-0.25, -0.2) is 0 Å². The minimum Gasteiger partial charge on any atom is -0.378 e. The van der Waals surface area contributed by atoms with E-state index in [1.165, 1.54) is 32.1 Å². The smallest absolute Gasteiger partial charge is 0.278 e. The molecular formula is C37H71N3O6S. The van der Waals surface area contributed by atoms with Crippen LogP contribution in [0, 0.1) is 46.3 Å². The molecule has 0 aromatic heterocycles. The summed E-state index contributed by atoms with van der Waals surface area (Å²) in [6.07, 6.45) is 15.4. The van der Waals surface area contributed by atoms with Gasteiger partial charge in [0.25, 0.3) is 10.1 Å². The Morgan fingerprint density at radius 1 is 0.894 bits per heavy atom. The second kappa shape index (κ2) is 18.2. The summed E-state index contributed by atoms with van der Waals surface area (Å²) < 4.78 is 51.3. The largest absolute Gasteiger partial charge is 0.378 e. The first-order valence-corrected chi connectivity index (χ1v) is 21.0. The van der Waals surface area contributed by atoms with E-state index in [1.807, 2.05) is 0 Å². The summed E-state index contributed by atoms with van der Waals surface area (Å²) >= 11 is 0. The molecule has 5 N–H and O–H groups in total. The van der Waals surface area contributed by atoms with E-state index in [4.69, 9.17) is 24.5 Å². The molecule has 0 amide bonds. The van der Waals surface area contributed by atoms with Crippen LogP contribution < -0.4 is 16.4 Å². The van der Waals surface area contributed by atoms with Crippen molar-refractivity contribution in [1.82, 2.24) is 10.6 Å². The first-order valence-electron chi connectivity index (χ1n) is 19.4. The zero-order chi connectivity index (χ0) is 34.1.